The minimum absolute atomic E-state index is 0.0635. The molecule has 2 aromatic heterocycles. The molecule has 32 heavy (non-hydrogen) atoms. The number of nitrogens with one attached hydrogen (secondary N) is 1. The number of carbonyl (C=O) groups excluding carboxylic acids is 1. The Labute approximate surface area is 184 Å². The van der Waals surface area contributed by atoms with Crippen LogP contribution in [0.4, 0.5) is 15.9 Å². The van der Waals surface area contributed by atoms with Gasteiger partial charge in [0.05, 0.1) is 12.7 Å². The number of ether oxygens (including phenoxy) is 2. The lowest BCUT2D eigenvalue weighted by Gasteiger charge is -2.22. The summed E-state index contributed by atoms with van der Waals surface area (Å²) in [5.74, 6) is 1.75. The molecule has 1 amide bonds. The summed E-state index contributed by atoms with van der Waals surface area (Å²) >= 11 is 0. The maximum absolute atomic E-state index is 13.4. The van der Waals surface area contributed by atoms with E-state index in [4.69, 9.17) is 19.4 Å². The molecule has 164 valence electrons. The lowest BCUT2D eigenvalue weighted by molar-refractivity contribution is -0.114. The van der Waals surface area contributed by atoms with Crippen molar-refractivity contribution in [3.63, 3.8) is 0 Å². The molecule has 5 rings (SSSR count). The Kier molecular flexibility index (Phi) is 5.30. The molecule has 9 heteroatoms. The number of pyridine rings is 1. The summed E-state index contributed by atoms with van der Waals surface area (Å²) in [6.07, 6.45) is 4.32. The molecule has 0 spiro atoms. The van der Waals surface area contributed by atoms with Crippen LogP contribution in [0.3, 0.4) is 0 Å². The Morgan fingerprint density at radius 3 is 2.84 bits per heavy atom. The fourth-order valence-electron chi connectivity index (χ4n) is 3.97. The molecular formula is C23H22FN5O3. The Morgan fingerprint density at radius 2 is 2.00 bits per heavy atom. The maximum Gasteiger partial charge on any atom is 0.243 e. The van der Waals surface area contributed by atoms with Gasteiger partial charge in [-0.3, -0.25) is 4.79 Å². The molecule has 0 fully saturated rings. The number of likely N-dealkylation sites (N-methyl/N-ethyl adjacent to an activating group) is 1. The number of aryl methyl sites for hydroxylation is 1. The number of benzene rings is 1. The van der Waals surface area contributed by atoms with E-state index in [1.165, 1.54) is 12.1 Å². The Balaban J connectivity index is 1.41. The van der Waals surface area contributed by atoms with Gasteiger partial charge in [-0.15, -0.1) is 0 Å². The van der Waals surface area contributed by atoms with Crippen molar-refractivity contribution in [2.24, 2.45) is 0 Å². The predicted molar refractivity (Wildman–Crippen MR) is 117 cm³/mol. The lowest BCUT2D eigenvalue weighted by Crippen LogP contribution is -2.31. The highest BCUT2D eigenvalue weighted by molar-refractivity contribution is 5.94. The molecule has 3 aromatic rings. The molecule has 1 aliphatic heterocycles. The van der Waals surface area contributed by atoms with Crippen molar-refractivity contribution in [2.75, 3.05) is 37.0 Å². The minimum atomic E-state index is -0.402. The Bertz CT molecular complexity index is 1190. The Hall–Kier alpha value is -3.75. The van der Waals surface area contributed by atoms with E-state index in [0.717, 1.165) is 30.5 Å². The summed E-state index contributed by atoms with van der Waals surface area (Å²) in [6, 6.07) is 7.60. The molecule has 8 nitrogen and oxygen atoms in total. The van der Waals surface area contributed by atoms with Crippen LogP contribution in [0.5, 0.6) is 11.5 Å². The summed E-state index contributed by atoms with van der Waals surface area (Å²) in [5.41, 5.74) is 3.02. The topological polar surface area (TPSA) is 89.5 Å². The third kappa shape index (κ3) is 4.05. The zero-order chi connectivity index (χ0) is 22.1. The van der Waals surface area contributed by atoms with Crippen LogP contribution in [0.1, 0.15) is 17.7 Å². The van der Waals surface area contributed by atoms with Gasteiger partial charge in [0.1, 0.15) is 30.5 Å². The second-order valence-corrected chi connectivity index (χ2v) is 7.78. The quantitative estimate of drug-likeness (QED) is 0.659. The van der Waals surface area contributed by atoms with Gasteiger partial charge in [0, 0.05) is 30.1 Å². The van der Waals surface area contributed by atoms with Crippen LogP contribution in [-0.2, 0) is 17.6 Å². The number of rotatable bonds is 5. The molecule has 0 saturated heterocycles. The van der Waals surface area contributed by atoms with Gasteiger partial charge >= 0.3 is 0 Å². The molecule has 0 atom stereocenters. The molecule has 1 aromatic carbocycles. The highest BCUT2D eigenvalue weighted by Gasteiger charge is 2.24. The van der Waals surface area contributed by atoms with Crippen LogP contribution in [0.25, 0.3) is 11.5 Å². The molecule has 0 saturated carbocycles. The fourth-order valence-corrected chi connectivity index (χ4v) is 3.97. The molecule has 1 N–H and O–H groups in total. The predicted octanol–water partition coefficient (Wildman–Crippen LogP) is 3.01. The van der Waals surface area contributed by atoms with Gasteiger partial charge in [0.2, 0.25) is 5.91 Å². The third-order valence-electron chi connectivity index (χ3n) is 5.42. The van der Waals surface area contributed by atoms with Gasteiger partial charge in [-0.25, -0.2) is 19.3 Å². The first-order valence-corrected chi connectivity index (χ1v) is 10.5. The fraction of sp³-hybridized carbons (Fsp3) is 0.304. The summed E-state index contributed by atoms with van der Waals surface area (Å²) in [6.45, 7) is 1.04. The standard InChI is InChI=1S/C23H22FN5O3/c1-29(13-21(30)26-15-5-2-4-14(24)10-15)23-16-6-3-7-17(16)27-22(28-23)18-11-19-20(12-25-18)32-9-8-31-19/h2,4-5,10-12H,3,6-9,13H2,1H3,(H,26,30). The average molecular weight is 435 g/mol. The number of aromatic nitrogens is 3. The number of carbonyl (C=O) groups is 1. The van der Waals surface area contributed by atoms with Crippen LogP contribution >= 0.6 is 0 Å². The van der Waals surface area contributed by atoms with Gasteiger partial charge in [0.15, 0.2) is 17.3 Å². The van der Waals surface area contributed by atoms with E-state index >= 15 is 0 Å². The number of nitrogens with zero attached hydrogens (tertiary/aromatic N) is 4. The lowest BCUT2D eigenvalue weighted by atomic mass is 10.2. The van der Waals surface area contributed by atoms with E-state index in [1.807, 2.05) is 7.05 Å². The van der Waals surface area contributed by atoms with E-state index in [-0.39, 0.29) is 12.5 Å². The van der Waals surface area contributed by atoms with Gasteiger partial charge in [-0.05, 0) is 37.5 Å². The molecule has 0 bridgehead atoms. The average Bonchev–Trinajstić information content (AvgIpc) is 3.26. The van der Waals surface area contributed by atoms with Crippen LogP contribution < -0.4 is 19.7 Å². The van der Waals surface area contributed by atoms with Crippen molar-refractivity contribution >= 4 is 17.4 Å². The van der Waals surface area contributed by atoms with Crippen LogP contribution in [0.15, 0.2) is 36.5 Å². The molecule has 0 unspecified atom stereocenters. The van der Waals surface area contributed by atoms with Gasteiger partial charge in [0.25, 0.3) is 0 Å². The number of fused-ring (bicyclic) bond motifs is 2. The van der Waals surface area contributed by atoms with Crippen molar-refractivity contribution in [3.8, 4) is 23.0 Å². The summed E-state index contributed by atoms with van der Waals surface area (Å²) in [7, 11) is 1.81. The van der Waals surface area contributed by atoms with E-state index in [1.54, 1.807) is 29.3 Å². The van der Waals surface area contributed by atoms with E-state index < -0.39 is 5.82 Å². The van der Waals surface area contributed by atoms with Crippen molar-refractivity contribution < 1.29 is 18.7 Å². The van der Waals surface area contributed by atoms with Crippen molar-refractivity contribution in [2.45, 2.75) is 19.3 Å². The SMILES string of the molecule is CN(CC(=O)Nc1cccc(F)c1)c1nc(-c2cc3c(cn2)OCCO3)nc2c1CCC2. The zero-order valence-electron chi connectivity index (χ0n) is 17.6. The third-order valence-corrected chi connectivity index (χ3v) is 5.42. The van der Waals surface area contributed by atoms with Crippen LogP contribution in [-0.4, -0.2) is 47.7 Å². The minimum Gasteiger partial charge on any atom is -0.486 e. The first kappa shape index (κ1) is 20.2. The monoisotopic (exact) mass is 435 g/mol. The van der Waals surface area contributed by atoms with Crippen LogP contribution in [0.2, 0.25) is 0 Å². The smallest absolute Gasteiger partial charge is 0.243 e. The molecule has 1 aliphatic carbocycles. The maximum atomic E-state index is 13.4. The van der Waals surface area contributed by atoms with Gasteiger partial charge < -0.3 is 19.7 Å². The summed E-state index contributed by atoms with van der Waals surface area (Å²) < 4.78 is 24.6. The first-order chi connectivity index (χ1) is 15.6. The molecular weight excluding hydrogens is 413 g/mol. The number of anilines is 2. The Morgan fingerprint density at radius 1 is 1.16 bits per heavy atom. The first-order valence-electron chi connectivity index (χ1n) is 10.5. The highest BCUT2D eigenvalue weighted by atomic mass is 19.1. The van der Waals surface area contributed by atoms with Gasteiger partial charge in [-0.1, -0.05) is 6.07 Å². The normalized spacial score (nSPS) is 14.1. The van der Waals surface area contributed by atoms with Crippen LogP contribution in [0, 0.1) is 5.82 Å². The van der Waals surface area contributed by atoms with Gasteiger partial charge in [-0.2, -0.15) is 0 Å². The zero-order valence-corrected chi connectivity index (χ0v) is 17.6. The molecule has 3 heterocycles. The highest BCUT2D eigenvalue weighted by Crippen LogP contribution is 2.34. The summed E-state index contributed by atoms with van der Waals surface area (Å²) in [4.78, 5) is 28.3. The number of hydrogen-bond donors (Lipinski definition) is 1. The van der Waals surface area contributed by atoms with E-state index in [0.29, 0.717) is 47.7 Å². The second-order valence-electron chi connectivity index (χ2n) is 7.78. The van der Waals surface area contributed by atoms with E-state index in [2.05, 4.69) is 10.3 Å². The number of amides is 1. The summed E-state index contributed by atoms with van der Waals surface area (Å²) in [5, 5.41) is 2.72. The van der Waals surface area contributed by atoms with Crippen molar-refractivity contribution in [3.05, 3.63) is 53.6 Å². The van der Waals surface area contributed by atoms with Crippen molar-refractivity contribution in [1.82, 2.24) is 15.0 Å². The number of halogens is 1. The largest absolute Gasteiger partial charge is 0.486 e. The molecule has 0 radical (unpaired) electrons. The molecule has 2 aliphatic rings. The van der Waals surface area contributed by atoms with Crippen molar-refractivity contribution in [1.29, 1.82) is 0 Å². The number of hydrogen-bond acceptors (Lipinski definition) is 7. The van der Waals surface area contributed by atoms with E-state index in [9.17, 15) is 9.18 Å². The second kappa shape index (κ2) is 8.41.